The number of likely N-dealkylation sites (N-methyl/N-ethyl adjacent to an activating group) is 1. The molecular weight excluding hydrogens is 240 g/mol. The molecule has 5 nitrogen and oxygen atoms in total. The van der Waals surface area contributed by atoms with Crippen LogP contribution in [0.3, 0.4) is 0 Å². The average molecular weight is 270 g/mol. The summed E-state index contributed by atoms with van der Waals surface area (Å²) in [6, 6.07) is 0.201. The van der Waals surface area contributed by atoms with Gasteiger partial charge in [-0.1, -0.05) is 6.92 Å². The van der Waals surface area contributed by atoms with Gasteiger partial charge in [0.1, 0.15) is 0 Å². The molecule has 1 heterocycles. The molecule has 1 rings (SSSR count). The average Bonchev–Trinajstić information content (AvgIpc) is 2.46. The molecule has 0 bridgehead atoms. The third-order valence-corrected chi connectivity index (χ3v) is 4.17. The van der Waals surface area contributed by atoms with Crippen molar-refractivity contribution in [1.29, 1.82) is 0 Å². The SMILES string of the molecule is CCN1CCN(C(CN)CC(=O)N(CC)CC)CC1. The highest BCUT2D eigenvalue weighted by Crippen LogP contribution is 2.10. The van der Waals surface area contributed by atoms with Crippen LogP contribution in [0.5, 0.6) is 0 Å². The number of carbonyl (C=O) groups is 1. The van der Waals surface area contributed by atoms with Crippen molar-refractivity contribution in [2.75, 3.05) is 52.4 Å². The highest BCUT2D eigenvalue weighted by molar-refractivity contribution is 5.76. The molecule has 112 valence electrons. The van der Waals surface area contributed by atoms with Gasteiger partial charge >= 0.3 is 0 Å². The third-order valence-electron chi connectivity index (χ3n) is 4.17. The fraction of sp³-hybridized carbons (Fsp3) is 0.929. The summed E-state index contributed by atoms with van der Waals surface area (Å²) in [5, 5.41) is 0. The van der Waals surface area contributed by atoms with Crippen LogP contribution >= 0.6 is 0 Å². The van der Waals surface area contributed by atoms with Crippen LogP contribution < -0.4 is 5.73 Å². The van der Waals surface area contributed by atoms with Crippen LogP contribution in [0.25, 0.3) is 0 Å². The van der Waals surface area contributed by atoms with E-state index in [2.05, 4.69) is 16.7 Å². The lowest BCUT2D eigenvalue weighted by Crippen LogP contribution is -2.53. The molecule has 0 aromatic heterocycles. The van der Waals surface area contributed by atoms with Gasteiger partial charge in [0.15, 0.2) is 0 Å². The van der Waals surface area contributed by atoms with E-state index in [0.717, 1.165) is 45.8 Å². The number of nitrogens with two attached hydrogens (primary N) is 1. The molecule has 1 amide bonds. The van der Waals surface area contributed by atoms with Gasteiger partial charge in [-0.15, -0.1) is 0 Å². The summed E-state index contributed by atoms with van der Waals surface area (Å²) in [7, 11) is 0. The molecule has 5 heteroatoms. The Balaban J connectivity index is 2.47. The van der Waals surface area contributed by atoms with Gasteiger partial charge in [0.25, 0.3) is 0 Å². The first-order valence-corrected chi connectivity index (χ1v) is 7.60. The number of piperazine rings is 1. The second kappa shape index (κ2) is 8.51. The van der Waals surface area contributed by atoms with Crippen molar-refractivity contribution in [3.05, 3.63) is 0 Å². The first-order chi connectivity index (χ1) is 9.15. The predicted octanol–water partition coefficient (Wildman–Crippen LogP) is 0.210. The van der Waals surface area contributed by atoms with Crippen LogP contribution in [0.15, 0.2) is 0 Å². The summed E-state index contributed by atoms with van der Waals surface area (Å²) in [5.41, 5.74) is 5.88. The zero-order valence-corrected chi connectivity index (χ0v) is 12.8. The van der Waals surface area contributed by atoms with Gasteiger partial charge in [-0.05, 0) is 20.4 Å². The lowest BCUT2D eigenvalue weighted by Gasteiger charge is -2.38. The van der Waals surface area contributed by atoms with Crippen LogP contribution in [0.1, 0.15) is 27.2 Å². The molecule has 1 atom stereocenters. The van der Waals surface area contributed by atoms with E-state index in [1.807, 2.05) is 18.7 Å². The standard InChI is InChI=1S/C14H30N4O/c1-4-16-7-9-18(10-8-16)13(12-15)11-14(19)17(5-2)6-3/h13H,4-12,15H2,1-3H3. The Morgan fingerprint density at radius 2 is 1.74 bits per heavy atom. The summed E-state index contributed by atoms with van der Waals surface area (Å²) in [6.45, 7) is 13.7. The fourth-order valence-electron chi connectivity index (χ4n) is 2.71. The Morgan fingerprint density at radius 3 is 2.16 bits per heavy atom. The van der Waals surface area contributed by atoms with Crippen LogP contribution in [-0.4, -0.2) is 79.0 Å². The van der Waals surface area contributed by atoms with Gasteiger partial charge in [-0.2, -0.15) is 0 Å². The largest absolute Gasteiger partial charge is 0.343 e. The van der Waals surface area contributed by atoms with E-state index in [0.29, 0.717) is 13.0 Å². The van der Waals surface area contributed by atoms with E-state index in [-0.39, 0.29) is 11.9 Å². The summed E-state index contributed by atoms with van der Waals surface area (Å²) < 4.78 is 0. The van der Waals surface area contributed by atoms with Crippen molar-refractivity contribution in [1.82, 2.24) is 14.7 Å². The molecular formula is C14H30N4O. The van der Waals surface area contributed by atoms with Gasteiger partial charge in [-0.3, -0.25) is 9.69 Å². The van der Waals surface area contributed by atoms with Gasteiger partial charge in [0.2, 0.25) is 5.91 Å². The van der Waals surface area contributed by atoms with Crippen LogP contribution in [0.4, 0.5) is 0 Å². The van der Waals surface area contributed by atoms with Crippen molar-refractivity contribution in [3.8, 4) is 0 Å². The Bertz CT molecular complexity index is 260. The summed E-state index contributed by atoms with van der Waals surface area (Å²) in [5.74, 6) is 0.235. The van der Waals surface area contributed by atoms with Gasteiger partial charge in [-0.25, -0.2) is 0 Å². The number of hydrogen-bond acceptors (Lipinski definition) is 4. The summed E-state index contributed by atoms with van der Waals surface area (Å²) in [6.07, 6.45) is 0.560. The van der Waals surface area contributed by atoms with E-state index in [1.165, 1.54) is 0 Å². The molecule has 1 saturated heterocycles. The lowest BCUT2D eigenvalue weighted by molar-refractivity contribution is -0.132. The lowest BCUT2D eigenvalue weighted by atomic mass is 10.1. The molecule has 0 radical (unpaired) electrons. The van der Waals surface area contributed by atoms with Crippen molar-refractivity contribution in [2.45, 2.75) is 33.2 Å². The second-order valence-electron chi connectivity index (χ2n) is 5.13. The Morgan fingerprint density at radius 1 is 1.16 bits per heavy atom. The van der Waals surface area contributed by atoms with Crippen LogP contribution in [0, 0.1) is 0 Å². The molecule has 2 N–H and O–H groups in total. The maximum atomic E-state index is 12.2. The minimum Gasteiger partial charge on any atom is -0.343 e. The summed E-state index contributed by atoms with van der Waals surface area (Å²) >= 11 is 0. The van der Waals surface area contributed by atoms with E-state index in [4.69, 9.17) is 5.73 Å². The van der Waals surface area contributed by atoms with E-state index < -0.39 is 0 Å². The molecule has 1 fully saturated rings. The number of hydrogen-bond donors (Lipinski definition) is 1. The van der Waals surface area contributed by atoms with E-state index in [9.17, 15) is 4.79 Å². The number of carbonyl (C=O) groups excluding carboxylic acids is 1. The molecule has 1 unspecified atom stereocenters. The maximum absolute atomic E-state index is 12.2. The molecule has 1 aliphatic heterocycles. The smallest absolute Gasteiger partial charge is 0.224 e. The zero-order chi connectivity index (χ0) is 14.3. The van der Waals surface area contributed by atoms with Gasteiger partial charge in [0, 0.05) is 58.3 Å². The maximum Gasteiger partial charge on any atom is 0.224 e. The van der Waals surface area contributed by atoms with Crippen molar-refractivity contribution < 1.29 is 4.79 Å². The van der Waals surface area contributed by atoms with Crippen molar-refractivity contribution in [3.63, 3.8) is 0 Å². The first-order valence-electron chi connectivity index (χ1n) is 7.60. The van der Waals surface area contributed by atoms with Crippen molar-refractivity contribution in [2.24, 2.45) is 5.73 Å². The second-order valence-corrected chi connectivity index (χ2v) is 5.13. The predicted molar refractivity (Wildman–Crippen MR) is 79.1 cm³/mol. The van der Waals surface area contributed by atoms with Crippen LogP contribution in [-0.2, 0) is 4.79 Å². The van der Waals surface area contributed by atoms with Gasteiger partial charge < -0.3 is 15.5 Å². The molecule has 0 aliphatic carbocycles. The normalized spacial score (nSPS) is 19.4. The third kappa shape index (κ3) is 4.75. The van der Waals surface area contributed by atoms with Gasteiger partial charge in [0.05, 0.1) is 0 Å². The van der Waals surface area contributed by atoms with E-state index in [1.54, 1.807) is 0 Å². The first kappa shape index (κ1) is 16.4. The molecule has 0 saturated carbocycles. The zero-order valence-electron chi connectivity index (χ0n) is 12.8. The highest BCUT2D eigenvalue weighted by atomic mass is 16.2. The number of rotatable bonds is 7. The minimum absolute atomic E-state index is 0.201. The van der Waals surface area contributed by atoms with E-state index >= 15 is 0 Å². The molecule has 1 aliphatic rings. The van der Waals surface area contributed by atoms with Crippen molar-refractivity contribution >= 4 is 5.91 Å². The Kier molecular flexibility index (Phi) is 7.34. The monoisotopic (exact) mass is 270 g/mol. The number of nitrogens with zero attached hydrogens (tertiary/aromatic N) is 3. The topological polar surface area (TPSA) is 52.8 Å². The molecule has 0 aromatic rings. The summed E-state index contributed by atoms with van der Waals surface area (Å²) in [4.78, 5) is 18.9. The molecule has 0 spiro atoms. The number of amides is 1. The minimum atomic E-state index is 0.201. The molecule has 19 heavy (non-hydrogen) atoms. The fourth-order valence-corrected chi connectivity index (χ4v) is 2.71. The Labute approximate surface area is 117 Å². The Hall–Kier alpha value is -0.650. The van der Waals surface area contributed by atoms with Crippen LogP contribution in [0.2, 0.25) is 0 Å². The highest BCUT2D eigenvalue weighted by Gasteiger charge is 2.25. The quantitative estimate of drug-likeness (QED) is 0.718. The molecule has 0 aromatic carbocycles.